The lowest BCUT2D eigenvalue weighted by Crippen LogP contribution is -1.94. The van der Waals surface area contributed by atoms with E-state index in [0.29, 0.717) is 5.92 Å². The summed E-state index contributed by atoms with van der Waals surface area (Å²) in [5.41, 5.74) is 1.37. The summed E-state index contributed by atoms with van der Waals surface area (Å²) < 4.78 is 2.36. The third-order valence-corrected chi connectivity index (χ3v) is 2.90. The highest BCUT2D eigenvalue weighted by molar-refractivity contribution is 9.11. The molecule has 1 aromatic carbocycles. The van der Waals surface area contributed by atoms with Crippen LogP contribution in [0, 0.1) is 5.92 Å². The SMILES string of the molecule is CC(C)Cc1cc(Br)ccc1Br. The molecule has 0 heterocycles. The Kier molecular flexibility index (Phi) is 3.78. The number of rotatable bonds is 2. The molecule has 12 heavy (non-hydrogen) atoms. The Balaban J connectivity index is 2.90. The van der Waals surface area contributed by atoms with Gasteiger partial charge in [0.15, 0.2) is 0 Å². The summed E-state index contributed by atoms with van der Waals surface area (Å²) >= 11 is 7.00. The molecule has 0 nitrogen and oxygen atoms in total. The largest absolute Gasteiger partial charge is 0.0625 e. The first-order chi connectivity index (χ1) is 5.59. The van der Waals surface area contributed by atoms with Gasteiger partial charge in [-0.25, -0.2) is 0 Å². The van der Waals surface area contributed by atoms with Crippen LogP contribution in [-0.2, 0) is 6.42 Å². The van der Waals surface area contributed by atoms with Crippen molar-refractivity contribution in [3.8, 4) is 0 Å². The predicted molar refractivity (Wildman–Crippen MR) is 60.4 cm³/mol. The third kappa shape index (κ3) is 2.91. The molecular weight excluding hydrogens is 280 g/mol. The minimum Gasteiger partial charge on any atom is -0.0625 e. The molecule has 0 saturated carbocycles. The number of benzene rings is 1. The van der Waals surface area contributed by atoms with Gasteiger partial charge >= 0.3 is 0 Å². The van der Waals surface area contributed by atoms with Crippen molar-refractivity contribution in [3.63, 3.8) is 0 Å². The van der Waals surface area contributed by atoms with Gasteiger partial charge in [0, 0.05) is 8.95 Å². The molecule has 0 bridgehead atoms. The fourth-order valence-corrected chi connectivity index (χ4v) is 1.96. The van der Waals surface area contributed by atoms with E-state index in [1.54, 1.807) is 0 Å². The smallest absolute Gasteiger partial charge is 0.0208 e. The second-order valence-electron chi connectivity index (χ2n) is 3.33. The van der Waals surface area contributed by atoms with Crippen molar-refractivity contribution in [2.75, 3.05) is 0 Å². The Hall–Kier alpha value is 0.180. The van der Waals surface area contributed by atoms with Gasteiger partial charge in [0.05, 0.1) is 0 Å². The van der Waals surface area contributed by atoms with Gasteiger partial charge in [-0.2, -0.15) is 0 Å². The summed E-state index contributed by atoms with van der Waals surface area (Å²) in [6, 6.07) is 6.31. The lowest BCUT2D eigenvalue weighted by molar-refractivity contribution is 0.645. The van der Waals surface area contributed by atoms with E-state index in [2.05, 4.69) is 57.8 Å². The van der Waals surface area contributed by atoms with E-state index in [4.69, 9.17) is 0 Å². The monoisotopic (exact) mass is 290 g/mol. The van der Waals surface area contributed by atoms with Crippen molar-refractivity contribution in [3.05, 3.63) is 32.7 Å². The van der Waals surface area contributed by atoms with Crippen LogP contribution >= 0.6 is 31.9 Å². The molecule has 0 radical (unpaired) electrons. The zero-order valence-electron chi connectivity index (χ0n) is 7.27. The summed E-state index contributed by atoms with van der Waals surface area (Å²) in [5.74, 6) is 0.704. The van der Waals surface area contributed by atoms with Crippen molar-refractivity contribution in [1.82, 2.24) is 0 Å². The Bertz CT molecular complexity index is 267. The maximum Gasteiger partial charge on any atom is 0.0208 e. The minimum absolute atomic E-state index is 0.704. The van der Waals surface area contributed by atoms with E-state index < -0.39 is 0 Å². The van der Waals surface area contributed by atoms with Crippen LogP contribution in [0.1, 0.15) is 19.4 Å². The fraction of sp³-hybridized carbons (Fsp3) is 0.400. The van der Waals surface area contributed by atoms with Crippen molar-refractivity contribution in [1.29, 1.82) is 0 Å². The molecule has 0 aromatic heterocycles. The molecule has 0 N–H and O–H groups in total. The van der Waals surface area contributed by atoms with Gasteiger partial charge in [-0.3, -0.25) is 0 Å². The highest BCUT2D eigenvalue weighted by atomic mass is 79.9. The van der Waals surface area contributed by atoms with E-state index in [9.17, 15) is 0 Å². The van der Waals surface area contributed by atoms with Crippen LogP contribution in [0.2, 0.25) is 0 Å². The van der Waals surface area contributed by atoms with E-state index >= 15 is 0 Å². The Morgan fingerprint density at radius 3 is 2.50 bits per heavy atom. The third-order valence-electron chi connectivity index (χ3n) is 1.64. The van der Waals surface area contributed by atoms with Crippen LogP contribution in [-0.4, -0.2) is 0 Å². The summed E-state index contributed by atoms with van der Waals surface area (Å²) in [7, 11) is 0. The molecule has 1 rings (SSSR count). The van der Waals surface area contributed by atoms with Crippen LogP contribution in [0.15, 0.2) is 27.1 Å². The molecule has 1 aromatic rings. The fourth-order valence-electron chi connectivity index (χ4n) is 1.14. The molecule has 0 fully saturated rings. The van der Waals surface area contributed by atoms with Crippen molar-refractivity contribution in [2.45, 2.75) is 20.3 Å². The highest BCUT2D eigenvalue weighted by Gasteiger charge is 2.02. The van der Waals surface area contributed by atoms with Crippen LogP contribution in [0.25, 0.3) is 0 Å². The molecule has 0 amide bonds. The maximum absolute atomic E-state index is 3.54. The molecule has 0 aliphatic heterocycles. The molecule has 66 valence electrons. The number of hydrogen-bond acceptors (Lipinski definition) is 0. The van der Waals surface area contributed by atoms with Gasteiger partial charge in [-0.1, -0.05) is 45.7 Å². The lowest BCUT2D eigenvalue weighted by Gasteiger charge is -2.07. The van der Waals surface area contributed by atoms with Gasteiger partial charge in [0.1, 0.15) is 0 Å². The lowest BCUT2D eigenvalue weighted by atomic mass is 10.0. The van der Waals surface area contributed by atoms with E-state index in [1.165, 1.54) is 10.0 Å². The van der Waals surface area contributed by atoms with Gasteiger partial charge in [-0.05, 0) is 36.1 Å². The summed E-state index contributed by atoms with van der Waals surface area (Å²) in [5, 5.41) is 0. The van der Waals surface area contributed by atoms with Gasteiger partial charge in [0.2, 0.25) is 0 Å². The Morgan fingerprint density at radius 1 is 1.25 bits per heavy atom. The molecule has 0 aliphatic rings. The summed E-state index contributed by atoms with van der Waals surface area (Å²) in [4.78, 5) is 0. The Morgan fingerprint density at radius 2 is 1.92 bits per heavy atom. The van der Waals surface area contributed by atoms with E-state index in [-0.39, 0.29) is 0 Å². The minimum atomic E-state index is 0.704. The zero-order valence-corrected chi connectivity index (χ0v) is 10.4. The average Bonchev–Trinajstić information content (AvgIpc) is 1.96. The topological polar surface area (TPSA) is 0 Å². The summed E-state index contributed by atoms with van der Waals surface area (Å²) in [6.45, 7) is 4.46. The quantitative estimate of drug-likeness (QED) is 0.757. The first kappa shape index (κ1) is 10.3. The molecule has 0 atom stereocenters. The van der Waals surface area contributed by atoms with Crippen LogP contribution in [0.5, 0.6) is 0 Å². The normalized spacial score (nSPS) is 10.8. The van der Waals surface area contributed by atoms with Gasteiger partial charge < -0.3 is 0 Å². The molecule has 0 aliphatic carbocycles. The first-order valence-electron chi connectivity index (χ1n) is 4.03. The van der Waals surface area contributed by atoms with Crippen molar-refractivity contribution in [2.24, 2.45) is 5.92 Å². The maximum atomic E-state index is 3.54. The standard InChI is InChI=1S/C10H12Br2/c1-7(2)5-8-6-9(11)3-4-10(8)12/h3-4,6-7H,5H2,1-2H3. The molecule has 0 spiro atoms. The predicted octanol–water partition coefficient (Wildman–Crippen LogP) is 4.41. The van der Waals surface area contributed by atoms with Crippen LogP contribution < -0.4 is 0 Å². The van der Waals surface area contributed by atoms with Crippen LogP contribution in [0.4, 0.5) is 0 Å². The summed E-state index contributed by atoms with van der Waals surface area (Å²) in [6.07, 6.45) is 1.13. The molecule has 0 saturated heterocycles. The Labute approximate surface area is 90.6 Å². The highest BCUT2D eigenvalue weighted by Crippen LogP contribution is 2.23. The first-order valence-corrected chi connectivity index (χ1v) is 5.62. The number of halogens is 2. The van der Waals surface area contributed by atoms with Gasteiger partial charge in [-0.15, -0.1) is 0 Å². The zero-order chi connectivity index (χ0) is 9.14. The number of hydrogen-bond donors (Lipinski definition) is 0. The second-order valence-corrected chi connectivity index (χ2v) is 5.10. The van der Waals surface area contributed by atoms with Crippen molar-refractivity contribution < 1.29 is 0 Å². The van der Waals surface area contributed by atoms with E-state index in [0.717, 1.165) is 10.9 Å². The molecular formula is C10H12Br2. The second kappa shape index (κ2) is 4.43. The van der Waals surface area contributed by atoms with Gasteiger partial charge in [0.25, 0.3) is 0 Å². The molecule has 2 heteroatoms. The average molecular weight is 292 g/mol. The molecule has 0 unspecified atom stereocenters. The van der Waals surface area contributed by atoms with Crippen LogP contribution in [0.3, 0.4) is 0 Å². The van der Waals surface area contributed by atoms with Crippen molar-refractivity contribution >= 4 is 31.9 Å². The van der Waals surface area contributed by atoms with E-state index in [1.807, 2.05) is 6.07 Å².